The maximum atomic E-state index is 10.7. The monoisotopic (exact) mass is 191 g/mol. The number of nitrogens with one attached hydrogen (secondary N) is 1. The Kier molecular flexibility index (Phi) is 2.20. The van der Waals surface area contributed by atoms with Gasteiger partial charge in [-0.15, -0.1) is 11.3 Å². The van der Waals surface area contributed by atoms with Crippen molar-refractivity contribution in [1.82, 2.24) is 0 Å². The highest BCUT2D eigenvalue weighted by atomic mass is 32.2. The topological polar surface area (TPSA) is 46.2 Å². The first-order chi connectivity index (χ1) is 4.99. The molecule has 1 N–H and O–H groups in total. The summed E-state index contributed by atoms with van der Waals surface area (Å²) in [6, 6.07) is 1.75. The van der Waals surface area contributed by atoms with Gasteiger partial charge in [0.15, 0.2) is 0 Å². The summed E-state index contributed by atoms with van der Waals surface area (Å²) in [4.78, 5) is 0.982. The third-order valence-corrected chi connectivity index (χ3v) is 2.59. The smallest absolute Gasteiger partial charge is 0.229 e. The van der Waals surface area contributed by atoms with Crippen LogP contribution in [0.25, 0.3) is 0 Å². The summed E-state index contributed by atoms with van der Waals surface area (Å²) in [5.41, 5.74) is 0.678. The molecule has 0 aliphatic rings. The maximum absolute atomic E-state index is 10.7. The van der Waals surface area contributed by atoms with Crippen LogP contribution in [-0.2, 0) is 10.0 Å². The lowest BCUT2D eigenvalue weighted by Crippen LogP contribution is -2.09. The van der Waals surface area contributed by atoms with Crippen molar-refractivity contribution in [3.63, 3.8) is 0 Å². The van der Waals surface area contributed by atoms with E-state index in [-0.39, 0.29) is 0 Å². The van der Waals surface area contributed by atoms with Crippen LogP contribution in [0.15, 0.2) is 11.4 Å². The molecule has 0 saturated carbocycles. The number of hydrogen-bond donors (Lipinski definition) is 1. The summed E-state index contributed by atoms with van der Waals surface area (Å²) in [5.74, 6) is 0. The van der Waals surface area contributed by atoms with Crippen LogP contribution in [0, 0.1) is 6.92 Å². The van der Waals surface area contributed by atoms with Crippen molar-refractivity contribution in [2.45, 2.75) is 6.92 Å². The van der Waals surface area contributed by atoms with E-state index in [1.165, 1.54) is 11.3 Å². The number of thiophene rings is 1. The second-order valence-corrected chi connectivity index (χ2v) is 5.13. The Hall–Kier alpha value is -0.550. The molecule has 3 nitrogen and oxygen atoms in total. The fraction of sp³-hybridized carbons (Fsp3) is 0.333. The molecule has 1 heterocycles. The molecule has 0 aliphatic heterocycles. The van der Waals surface area contributed by atoms with Gasteiger partial charge in [-0.3, -0.25) is 4.72 Å². The standard InChI is InChI=1S/C6H9NO2S2/c1-5-6(3-4-10-5)7-11(2,8)9/h3-4,7H,1-2H3. The number of sulfonamides is 1. The second-order valence-electron chi connectivity index (χ2n) is 2.26. The van der Waals surface area contributed by atoms with Gasteiger partial charge in [0.1, 0.15) is 0 Å². The van der Waals surface area contributed by atoms with Crippen molar-refractivity contribution in [2.75, 3.05) is 11.0 Å². The molecule has 0 amide bonds. The van der Waals surface area contributed by atoms with E-state index >= 15 is 0 Å². The van der Waals surface area contributed by atoms with Crippen molar-refractivity contribution >= 4 is 27.0 Å². The van der Waals surface area contributed by atoms with Gasteiger partial charge >= 0.3 is 0 Å². The maximum Gasteiger partial charge on any atom is 0.229 e. The molecule has 62 valence electrons. The molecule has 1 aromatic heterocycles. The summed E-state index contributed by atoms with van der Waals surface area (Å²) >= 11 is 1.52. The fourth-order valence-electron chi connectivity index (χ4n) is 0.691. The van der Waals surface area contributed by atoms with Gasteiger partial charge < -0.3 is 0 Å². The Morgan fingerprint density at radius 3 is 2.55 bits per heavy atom. The lowest BCUT2D eigenvalue weighted by atomic mass is 10.4. The van der Waals surface area contributed by atoms with E-state index in [2.05, 4.69) is 4.72 Å². The first-order valence-electron chi connectivity index (χ1n) is 3.01. The zero-order valence-electron chi connectivity index (χ0n) is 6.29. The van der Waals surface area contributed by atoms with Crippen LogP contribution in [0.4, 0.5) is 5.69 Å². The molecule has 1 rings (SSSR count). The average Bonchev–Trinajstić information content (AvgIpc) is 2.12. The van der Waals surface area contributed by atoms with Crippen molar-refractivity contribution in [3.05, 3.63) is 16.3 Å². The Balaban J connectivity index is 2.89. The van der Waals surface area contributed by atoms with Gasteiger partial charge in [0.05, 0.1) is 11.9 Å². The minimum absolute atomic E-state index is 0.678. The minimum atomic E-state index is -3.11. The molecular formula is C6H9NO2S2. The molecule has 0 atom stereocenters. The predicted octanol–water partition coefficient (Wildman–Crippen LogP) is 1.43. The van der Waals surface area contributed by atoms with E-state index < -0.39 is 10.0 Å². The van der Waals surface area contributed by atoms with Crippen molar-refractivity contribution in [1.29, 1.82) is 0 Å². The third-order valence-electron chi connectivity index (χ3n) is 1.15. The summed E-state index contributed by atoms with van der Waals surface area (Å²) in [5, 5.41) is 1.85. The molecule has 0 spiro atoms. The molecule has 1 aromatic rings. The highest BCUT2D eigenvalue weighted by Crippen LogP contribution is 2.20. The predicted molar refractivity (Wildman–Crippen MR) is 47.5 cm³/mol. The molecule has 0 bridgehead atoms. The molecular weight excluding hydrogens is 182 g/mol. The zero-order valence-corrected chi connectivity index (χ0v) is 7.92. The molecule has 0 saturated heterocycles. The van der Waals surface area contributed by atoms with E-state index in [1.807, 2.05) is 12.3 Å². The van der Waals surface area contributed by atoms with Gasteiger partial charge in [0, 0.05) is 4.88 Å². The summed E-state index contributed by atoms with van der Waals surface area (Å²) in [6.07, 6.45) is 1.14. The van der Waals surface area contributed by atoms with Crippen LogP contribution >= 0.6 is 11.3 Å². The van der Waals surface area contributed by atoms with Crippen LogP contribution in [-0.4, -0.2) is 14.7 Å². The van der Waals surface area contributed by atoms with E-state index in [4.69, 9.17) is 0 Å². The summed E-state index contributed by atoms with van der Waals surface area (Å²) in [6.45, 7) is 1.87. The Labute approximate surface area is 70.1 Å². The molecule has 0 unspecified atom stereocenters. The van der Waals surface area contributed by atoms with Crippen molar-refractivity contribution in [3.8, 4) is 0 Å². The number of rotatable bonds is 2. The second kappa shape index (κ2) is 2.83. The number of aryl methyl sites for hydroxylation is 1. The Morgan fingerprint density at radius 2 is 2.18 bits per heavy atom. The lowest BCUT2D eigenvalue weighted by molar-refractivity contribution is 0.607. The van der Waals surface area contributed by atoms with Gasteiger partial charge in [-0.2, -0.15) is 0 Å². The van der Waals surface area contributed by atoms with E-state index in [9.17, 15) is 8.42 Å². The Morgan fingerprint density at radius 1 is 1.55 bits per heavy atom. The van der Waals surface area contributed by atoms with Gasteiger partial charge in [-0.25, -0.2) is 8.42 Å². The first-order valence-corrected chi connectivity index (χ1v) is 5.78. The van der Waals surface area contributed by atoms with E-state index in [0.717, 1.165) is 11.1 Å². The zero-order chi connectivity index (χ0) is 8.48. The van der Waals surface area contributed by atoms with Gasteiger partial charge in [0.25, 0.3) is 0 Å². The molecule has 0 aromatic carbocycles. The largest absolute Gasteiger partial charge is 0.283 e. The lowest BCUT2D eigenvalue weighted by Gasteiger charge is -2.00. The van der Waals surface area contributed by atoms with Crippen LogP contribution < -0.4 is 4.72 Å². The van der Waals surface area contributed by atoms with Gasteiger partial charge in [0.2, 0.25) is 10.0 Å². The van der Waals surface area contributed by atoms with Gasteiger partial charge in [-0.05, 0) is 18.4 Å². The van der Waals surface area contributed by atoms with Crippen LogP contribution in [0.5, 0.6) is 0 Å². The molecule has 5 heteroatoms. The average molecular weight is 191 g/mol. The first kappa shape index (κ1) is 8.55. The molecule has 11 heavy (non-hydrogen) atoms. The number of anilines is 1. The summed E-state index contributed by atoms with van der Waals surface area (Å²) < 4.78 is 23.9. The minimum Gasteiger partial charge on any atom is -0.283 e. The van der Waals surface area contributed by atoms with E-state index in [0.29, 0.717) is 5.69 Å². The number of hydrogen-bond acceptors (Lipinski definition) is 3. The quantitative estimate of drug-likeness (QED) is 0.768. The fourth-order valence-corrected chi connectivity index (χ4v) is 2.03. The molecule has 0 fully saturated rings. The van der Waals surface area contributed by atoms with Gasteiger partial charge in [-0.1, -0.05) is 0 Å². The molecule has 0 aliphatic carbocycles. The molecule has 0 radical (unpaired) electrons. The van der Waals surface area contributed by atoms with E-state index in [1.54, 1.807) is 6.07 Å². The third kappa shape index (κ3) is 2.51. The SMILES string of the molecule is Cc1sccc1NS(C)(=O)=O. The highest BCUT2D eigenvalue weighted by Gasteiger charge is 2.04. The summed E-state index contributed by atoms with van der Waals surface area (Å²) in [7, 11) is -3.11. The van der Waals surface area contributed by atoms with Crippen molar-refractivity contribution < 1.29 is 8.42 Å². The van der Waals surface area contributed by atoms with Crippen LogP contribution in [0.3, 0.4) is 0 Å². The van der Waals surface area contributed by atoms with Crippen LogP contribution in [0.2, 0.25) is 0 Å². The normalized spacial score (nSPS) is 11.5. The highest BCUT2D eigenvalue weighted by molar-refractivity contribution is 7.92. The van der Waals surface area contributed by atoms with Crippen LogP contribution in [0.1, 0.15) is 4.88 Å². The Bertz CT molecular complexity index is 339. The van der Waals surface area contributed by atoms with Crippen molar-refractivity contribution in [2.24, 2.45) is 0 Å².